The number of aliphatic hydroxyl groups is 1. The summed E-state index contributed by atoms with van der Waals surface area (Å²) in [5.74, 6) is 0.801. The Morgan fingerprint density at radius 3 is 2.65 bits per heavy atom. The topological polar surface area (TPSA) is 110 Å². The Morgan fingerprint density at radius 2 is 1.95 bits per heavy atom. The molecule has 0 bridgehead atoms. The lowest BCUT2D eigenvalue weighted by molar-refractivity contribution is -0.154. The van der Waals surface area contributed by atoms with Gasteiger partial charge in [0, 0.05) is 49.9 Å². The van der Waals surface area contributed by atoms with Crippen LogP contribution < -0.4 is 14.8 Å². The lowest BCUT2D eigenvalue weighted by Crippen LogP contribution is -2.43. The fourth-order valence-electron chi connectivity index (χ4n) is 4.91. The van der Waals surface area contributed by atoms with Crippen molar-refractivity contribution in [1.82, 2.24) is 20.4 Å². The summed E-state index contributed by atoms with van der Waals surface area (Å²) in [5, 5.41) is 17.6. The number of fused-ring (bicyclic) bond motifs is 1. The van der Waals surface area contributed by atoms with E-state index in [4.69, 9.17) is 14.0 Å². The average molecular weight is 527 g/mol. The molecule has 1 atom stereocenters. The molecule has 2 aromatic heterocycles. The number of nitrogens with one attached hydrogen (secondary N) is 1. The Morgan fingerprint density at radius 1 is 1.19 bits per heavy atom. The highest BCUT2D eigenvalue weighted by molar-refractivity contribution is 5.77. The largest absolute Gasteiger partial charge is 0.468 e. The summed E-state index contributed by atoms with van der Waals surface area (Å²) in [6.07, 6.45) is -0.410. The van der Waals surface area contributed by atoms with Gasteiger partial charge in [0.2, 0.25) is 5.88 Å². The summed E-state index contributed by atoms with van der Waals surface area (Å²) >= 11 is 0. The van der Waals surface area contributed by atoms with Crippen LogP contribution in [-0.2, 0) is 17.6 Å². The SMILES string of the molecule is Cc1cc(OCC(=O)N[C@H]2CC[C@H]([C@@H](O)CN3CCc4ccc(OCC(F)(F)F)nc4CC3)CC2)no1. The van der Waals surface area contributed by atoms with E-state index in [-0.39, 0.29) is 36.2 Å². The summed E-state index contributed by atoms with van der Waals surface area (Å²) in [5.41, 5.74) is 1.74. The summed E-state index contributed by atoms with van der Waals surface area (Å²) in [7, 11) is 0. The number of amides is 1. The van der Waals surface area contributed by atoms with Gasteiger partial charge in [0.05, 0.1) is 6.10 Å². The van der Waals surface area contributed by atoms with E-state index in [1.165, 1.54) is 6.07 Å². The number of ether oxygens (including phenoxy) is 2. The van der Waals surface area contributed by atoms with E-state index < -0.39 is 18.9 Å². The standard InChI is InChI=1S/C25H33F3N4O5/c1-16-12-24(31-37-16)35-14-22(34)29-19-5-2-18(3-6-19)21(33)13-32-10-8-17-4-7-23(30-20(17)9-11-32)36-15-25(26,27)28/h4,7,12,18-19,21,33H,2-3,5-6,8-11,13-15H2,1H3,(H,29,34)/t18-,19-,21-/m0/s1. The number of pyridine rings is 1. The molecule has 9 nitrogen and oxygen atoms in total. The van der Waals surface area contributed by atoms with Gasteiger partial charge in [-0.25, -0.2) is 4.98 Å². The van der Waals surface area contributed by atoms with Gasteiger partial charge in [0.15, 0.2) is 13.2 Å². The third-order valence-electron chi connectivity index (χ3n) is 6.87. The van der Waals surface area contributed by atoms with Gasteiger partial charge in [0.25, 0.3) is 11.8 Å². The van der Waals surface area contributed by atoms with Crippen molar-refractivity contribution in [1.29, 1.82) is 0 Å². The van der Waals surface area contributed by atoms with Crippen molar-refractivity contribution in [2.24, 2.45) is 5.92 Å². The van der Waals surface area contributed by atoms with Gasteiger partial charge in [-0.15, -0.1) is 0 Å². The van der Waals surface area contributed by atoms with E-state index in [1.54, 1.807) is 19.1 Å². The normalized spacial score (nSPS) is 21.5. The predicted molar refractivity (Wildman–Crippen MR) is 126 cm³/mol. The van der Waals surface area contributed by atoms with Crippen LogP contribution >= 0.6 is 0 Å². The van der Waals surface area contributed by atoms with Gasteiger partial charge in [-0.2, -0.15) is 13.2 Å². The van der Waals surface area contributed by atoms with Crippen molar-refractivity contribution >= 4 is 5.91 Å². The quantitative estimate of drug-likeness (QED) is 0.514. The van der Waals surface area contributed by atoms with E-state index >= 15 is 0 Å². The maximum absolute atomic E-state index is 12.4. The molecule has 0 spiro atoms. The first-order valence-corrected chi connectivity index (χ1v) is 12.6. The molecule has 12 heteroatoms. The van der Waals surface area contributed by atoms with Crippen LogP contribution in [0.25, 0.3) is 0 Å². The Bertz CT molecular complexity index is 1040. The number of aliphatic hydroxyl groups excluding tert-OH is 1. The number of rotatable bonds is 9. The molecule has 1 amide bonds. The number of halogens is 3. The van der Waals surface area contributed by atoms with Crippen molar-refractivity contribution in [3.63, 3.8) is 0 Å². The summed E-state index contributed by atoms with van der Waals surface area (Å²) < 4.78 is 52.3. The van der Waals surface area contributed by atoms with E-state index in [0.29, 0.717) is 31.7 Å². The number of nitrogens with zero attached hydrogens (tertiary/aromatic N) is 3. The Kier molecular flexibility index (Phi) is 8.91. The van der Waals surface area contributed by atoms with Crippen LogP contribution in [0, 0.1) is 12.8 Å². The molecule has 0 radical (unpaired) electrons. The van der Waals surface area contributed by atoms with Gasteiger partial charge < -0.3 is 29.3 Å². The zero-order valence-electron chi connectivity index (χ0n) is 20.8. The summed E-state index contributed by atoms with van der Waals surface area (Å²) in [4.78, 5) is 18.6. The van der Waals surface area contributed by atoms with Crippen LogP contribution in [0.15, 0.2) is 22.7 Å². The maximum Gasteiger partial charge on any atom is 0.422 e. The number of hydrogen-bond acceptors (Lipinski definition) is 8. The molecule has 0 saturated heterocycles. The molecule has 0 unspecified atom stereocenters. The number of hydrogen-bond donors (Lipinski definition) is 2. The van der Waals surface area contributed by atoms with Crippen molar-refractivity contribution < 1.29 is 37.1 Å². The highest BCUT2D eigenvalue weighted by atomic mass is 19.4. The monoisotopic (exact) mass is 526 g/mol. The third-order valence-corrected chi connectivity index (χ3v) is 6.87. The molecule has 1 aliphatic heterocycles. The molecule has 2 N–H and O–H groups in total. The van der Waals surface area contributed by atoms with E-state index in [1.807, 2.05) is 0 Å². The minimum Gasteiger partial charge on any atom is -0.468 e. The highest BCUT2D eigenvalue weighted by Gasteiger charge is 2.30. The number of carbonyl (C=O) groups is 1. The lowest BCUT2D eigenvalue weighted by atomic mass is 9.82. The van der Waals surface area contributed by atoms with Crippen molar-refractivity contribution in [2.45, 2.75) is 63.8 Å². The molecule has 3 heterocycles. The summed E-state index contributed by atoms with van der Waals surface area (Å²) in [6, 6.07) is 4.92. The van der Waals surface area contributed by atoms with E-state index in [9.17, 15) is 23.1 Å². The molecule has 204 valence electrons. The van der Waals surface area contributed by atoms with Crippen LogP contribution in [0.1, 0.15) is 42.7 Å². The second-order valence-corrected chi connectivity index (χ2v) is 9.77. The minimum absolute atomic E-state index is 0.0202. The number of aromatic nitrogens is 2. The molecule has 1 aliphatic carbocycles. The van der Waals surface area contributed by atoms with Crippen molar-refractivity contribution in [2.75, 3.05) is 32.8 Å². The fraction of sp³-hybridized carbons (Fsp3) is 0.640. The number of β-amino-alcohol motifs (C(OH)–C–C–N with tert-alkyl or cyclic N) is 1. The molecule has 4 rings (SSSR count). The minimum atomic E-state index is -4.40. The third kappa shape index (κ3) is 8.32. The first-order chi connectivity index (χ1) is 17.6. The van der Waals surface area contributed by atoms with Gasteiger partial charge in [-0.05, 0) is 55.7 Å². The molecule has 1 saturated carbocycles. The average Bonchev–Trinajstić information content (AvgIpc) is 3.18. The second-order valence-electron chi connectivity index (χ2n) is 9.77. The first kappa shape index (κ1) is 27.2. The Labute approximate surface area is 213 Å². The van der Waals surface area contributed by atoms with Gasteiger partial charge in [-0.1, -0.05) is 6.07 Å². The van der Waals surface area contributed by atoms with E-state index in [0.717, 1.165) is 43.5 Å². The van der Waals surface area contributed by atoms with Crippen LogP contribution in [-0.4, -0.2) is 77.2 Å². The Balaban J connectivity index is 1.17. The summed E-state index contributed by atoms with van der Waals surface area (Å²) in [6.45, 7) is 2.18. The lowest BCUT2D eigenvalue weighted by Gasteiger charge is -2.34. The van der Waals surface area contributed by atoms with Crippen molar-refractivity contribution in [3.05, 3.63) is 35.2 Å². The van der Waals surface area contributed by atoms with Crippen LogP contribution in [0.3, 0.4) is 0 Å². The first-order valence-electron chi connectivity index (χ1n) is 12.6. The van der Waals surface area contributed by atoms with Crippen LogP contribution in [0.5, 0.6) is 11.8 Å². The molecular formula is C25H33F3N4O5. The fourth-order valence-corrected chi connectivity index (χ4v) is 4.91. The molecule has 37 heavy (non-hydrogen) atoms. The highest BCUT2D eigenvalue weighted by Crippen LogP contribution is 2.28. The van der Waals surface area contributed by atoms with Gasteiger partial charge >= 0.3 is 6.18 Å². The molecule has 2 aromatic rings. The Hall–Kier alpha value is -2.86. The smallest absolute Gasteiger partial charge is 0.422 e. The molecule has 1 fully saturated rings. The zero-order valence-corrected chi connectivity index (χ0v) is 20.8. The number of alkyl halides is 3. The van der Waals surface area contributed by atoms with Gasteiger partial charge in [0.1, 0.15) is 5.76 Å². The second kappa shape index (κ2) is 12.1. The van der Waals surface area contributed by atoms with Crippen LogP contribution in [0.2, 0.25) is 0 Å². The molecule has 2 aliphatic rings. The van der Waals surface area contributed by atoms with E-state index in [2.05, 4.69) is 20.4 Å². The number of aryl methyl sites for hydroxylation is 1. The maximum atomic E-state index is 12.4. The molecular weight excluding hydrogens is 493 g/mol. The number of carbonyl (C=O) groups excluding carboxylic acids is 1. The van der Waals surface area contributed by atoms with Crippen molar-refractivity contribution in [3.8, 4) is 11.8 Å². The van der Waals surface area contributed by atoms with Gasteiger partial charge in [-0.3, -0.25) is 4.79 Å². The van der Waals surface area contributed by atoms with Crippen LogP contribution in [0.4, 0.5) is 13.2 Å². The molecule has 0 aromatic carbocycles. The predicted octanol–water partition coefficient (Wildman–Crippen LogP) is 2.83. The zero-order chi connectivity index (χ0) is 26.4.